The molecule has 2 atom stereocenters. The Morgan fingerprint density at radius 2 is 1.74 bits per heavy atom. The van der Waals surface area contributed by atoms with Crippen molar-refractivity contribution in [1.29, 1.82) is 0 Å². The molecule has 2 heterocycles. The average molecular weight is 644 g/mol. The van der Waals surface area contributed by atoms with Crippen molar-refractivity contribution in [3.05, 3.63) is 63.1 Å². The van der Waals surface area contributed by atoms with Gasteiger partial charge in [0, 0.05) is 67.5 Å². The molecule has 1 amide bonds. The van der Waals surface area contributed by atoms with Crippen LogP contribution in [0.5, 0.6) is 0 Å². The van der Waals surface area contributed by atoms with Gasteiger partial charge in [-0.1, -0.05) is 29.3 Å². The van der Waals surface area contributed by atoms with Gasteiger partial charge in [0.05, 0.1) is 12.2 Å². The SMILES string of the molecule is COCC(C)NCc1cc(C(F)(F)F)ccc1N1CCN(C(=O)C(Cc2ccc(Cl)cc2Cl)C(=O)C2CCNCC2)CC1. The Hall–Kier alpha value is -2.37. The molecule has 0 spiro atoms. The second-order valence-corrected chi connectivity index (χ2v) is 12.2. The third-order valence-corrected chi connectivity index (χ3v) is 8.81. The van der Waals surface area contributed by atoms with Crippen LogP contribution in [0.25, 0.3) is 0 Å². The van der Waals surface area contributed by atoms with E-state index >= 15 is 0 Å². The van der Waals surface area contributed by atoms with Crippen molar-refractivity contribution in [3.63, 3.8) is 0 Å². The van der Waals surface area contributed by atoms with Crippen LogP contribution in [0.2, 0.25) is 10.0 Å². The molecule has 236 valence electrons. The maximum Gasteiger partial charge on any atom is 0.416 e. The highest BCUT2D eigenvalue weighted by molar-refractivity contribution is 6.35. The van der Waals surface area contributed by atoms with Crippen molar-refractivity contribution >= 4 is 40.6 Å². The highest BCUT2D eigenvalue weighted by Crippen LogP contribution is 2.34. The summed E-state index contributed by atoms with van der Waals surface area (Å²) in [6, 6.07) is 8.80. The topological polar surface area (TPSA) is 73.9 Å². The number of hydrogen-bond acceptors (Lipinski definition) is 6. The second kappa shape index (κ2) is 15.1. The van der Waals surface area contributed by atoms with Gasteiger partial charge in [0.15, 0.2) is 0 Å². The summed E-state index contributed by atoms with van der Waals surface area (Å²) < 4.78 is 45.7. The van der Waals surface area contributed by atoms with Gasteiger partial charge in [-0.2, -0.15) is 13.2 Å². The molecule has 2 aliphatic rings. The van der Waals surface area contributed by atoms with E-state index in [-0.39, 0.29) is 36.6 Å². The Balaban J connectivity index is 1.50. The van der Waals surface area contributed by atoms with Crippen molar-refractivity contribution in [1.82, 2.24) is 15.5 Å². The number of piperidine rings is 1. The lowest BCUT2D eigenvalue weighted by atomic mass is 9.82. The molecule has 2 unspecified atom stereocenters. The first-order valence-corrected chi connectivity index (χ1v) is 15.4. The number of carbonyl (C=O) groups excluding carboxylic acids is 2. The standard InChI is InChI=1S/C31H39Cl2F3N4O3/c1-20(19-43-2)38-18-23-15-24(31(34,35)36)4-6-28(23)39-11-13-40(14-12-39)30(42)26(29(41)21-7-9-37-10-8-21)16-22-3-5-25(32)17-27(22)33/h3-6,15,17,20-21,26,37-38H,7-14,16,18-19H2,1-2H3. The van der Waals surface area contributed by atoms with E-state index in [0.717, 1.165) is 19.2 Å². The monoisotopic (exact) mass is 642 g/mol. The fourth-order valence-corrected chi connectivity index (χ4v) is 6.29. The van der Waals surface area contributed by atoms with Gasteiger partial charge >= 0.3 is 6.18 Å². The molecule has 12 heteroatoms. The first-order chi connectivity index (χ1) is 20.5. The van der Waals surface area contributed by atoms with Crippen molar-refractivity contribution in [3.8, 4) is 0 Å². The molecule has 0 aliphatic carbocycles. The van der Waals surface area contributed by atoms with Crippen molar-refractivity contribution in [2.45, 2.75) is 44.9 Å². The predicted molar refractivity (Wildman–Crippen MR) is 163 cm³/mol. The zero-order valence-electron chi connectivity index (χ0n) is 24.5. The van der Waals surface area contributed by atoms with E-state index in [1.165, 1.54) is 12.1 Å². The molecule has 0 bridgehead atoms. The number of Topliss-reactive ketones (excluding diaryl/α,β-unsaturated/α-hetero) is 1. The molecule has 2 aromatic carbocycles. The fraction of sp³-hybridized carbons (Fsp3) is 0.548. The number of ether oxygens (including phenoxy) is 1. The Labute approximate surface area is 261 Å². The van der Waals surface area contributed by atoms with E-state index in [0.29, 0.717) is 72.5 Å². The van der Waals surface area contributed by atoms with Crippen LogP contribution in [0.3, 0.4) is 0 Å². The van der Waals surface area contributed by atoms with E-state index in [9.17, 15) is 22.8 Å². The highest BCUT2D eigenvalue weighted by Gasteiger charge is 2.37. The number of ketones is 1. The molecule has 43 heavy (non-hydrogen) atoms. The van der Waals surface area contributed by atoms with Crippen LogP contribution in [0, 0.1) is 11.8 Å². The van der Waals surface area contributed by atoms with Crippen LogP contribution in [-0.4, -0.2) is 75.6 Å². The van der Waals surface area contributed by atoms with E-state index in [2.05, 4.69) is 10.6 Å². The van der Waals surface area contributed by atoms with Crippen LogP contribution in [0.15, 0.2) is 36.4 Å². The van der Waals surface area contributed by atoms with Gasteiger partial charge in [-0.25, -0.2) is 0 Å². The molecule has 0 radical (unpaired) electrons. The number of alkyl halides is 3. The number of piperazine rings is 1. The lowest BCUT2D eigenvalue weighted by Gasteiger charge is -2.39. The number of rotatable bonds is 11. The summed E-state index contributed by atoms with van der Waals surface area (Å²) in [5.74, 6) is -1.38. The summed E-state index contributed by atoms with van der Waals surface area (Å²) in [5.41, 5.74) is 1.19. The Morgan fingerprint density at radius 3 is 2.37 bits per heavy atom. The van der Waals surface area contributed by atoms with Crippen molar-refractivity contribution in [2.75, 3.05) is 57.9 Å². The van der Waals surface area contributed by atoms with Crippen LogP contribution < -0.4 is 15.5 Å². The number of carbonyl (C=O) groups is 2. The van der Waals surface area contributed by atoms with Gasteiger partial charge in [-0.05, 0) is 80.7 Å². The summed E-state index contributed by atoms with van der Waals surface area (Å²) in [6.45, 7) is 5.55. The van der Waals surface area contributed by atoms with Gasteiger partial charge in [-0.3, -0.25) is 9.59 Å². The van der Waals surface area contributed by atoms with Crippen LogP contribution in [-0.2, 0) is 33.5 Å². The maximum atomic E-state index is 13.9. The largest absolute Gasteiger partial charge is 0.416 e. The molecular formula is C31H39Cl2F3N4O3. The molecule has 2 N–H and O–H groups in total. The van der Waals surface area contributed by atoms with Crippen LogP contribution in [0.4, 0.5) is 18.9 Å². The molecule has 2 fully saturated rings. The van der Waals surface area contributed by atoms with E-state index in [4.69, 9.17) is 27.9 Å². The van der Waals surface area contributed by atoms with E-state index in [1.807, 2.05) is 11.8 Å². The second-order valence-electron chi connectivity index (χ2n) is 11.3. The van der Waals surface area contributed by atoms with E-state index in [1.54, 1.807) is 30.2 Å². The minimum atomic E-state index is -4.46. The van der Waals surface area contributed by atoms with Gasteiger partial charge in [0.25, 0.3) is 0 Å². The van der Waals surface area contributed by atoms with Crippen LogP contribution >= 0.6 is 23.2 Å². The lowest BCUT2D eigenvalue weighted by Crippen LogP contribution is -2.52. The summed E-state index contributed by atoms with van der Waals surface area (Å²) in [6.07, 6.45) is -2.91. The molecular weight excluding hydrogens is 604 g/mol. The number of halogens is 5. The molecule has 7 nitrogen and oxygen atoms in total. The number of methoxy groups -OCH3 is 1. The lowest BCUT2D eigenvalue weighted by molar-refractivity contribution is -0.143. The number of nitrogens with one attached hydrogen (secondary N) is 2. The maximum absolute atomic E-state index is 13.9. The van der Waals surface area contributed by atoms with Gasteiger partial charge in [-0.15, -0.1) is 0 Å². The Kier molecular flexibility index (Phi) is 11.8. The molecule has 2 aliphatic heterocycles. The summed E-state index contributed by atoms with van der Waals surface area (Å²) in [7, 11) is 1.57. The first-order valence-electron chi connectivity index (χ1n) is 14.6. The number of benzene rings is 2. The normalized spacial score (nSPS) is 18.0. The van der Waals surface area contributed by atoms with Crippen LogP contribution in [0.1, 0.15) is 36.5 Å². The molecule has 0 saturated carbocycles. The molecule has 4 rings (SSSR count). The molecule has 2 saturated heterocycles. The Bertz CT molecular complexity index is 1270. The minimum absolute atomic E-state index is 0.0505. The predicted octanol–water partition coefficient (Wildman–Crippen LogP) is 5.21. The smallest absolute Gasteiger partial charge is 0.383 e. The molecule has 2 aromatic rings. The zero-order chi connectivity index (χ0) is 31.1. The average Bonchev–Trinajstić information content (AvgIpc) is 2.99. The first kappa shape index (κ1) is 33.5. The summed E-state index contributed by atoms with van der Waals surface area (Å²) in [4.78, 5) is 31.3. The van der Waals surface area contributed by atoms with E-state index < -0.39 is 17.7 Å². The zero-order valence-corrected chi connectivity index (χ0v) is 26.0. The van der Waals surface area contributed by atoms with Gasteiger partial charge in [0.1, 0.15) is 11.7 Å². The van der Waals surface area contributed by atoms with Gasteiger partial charge in [0.2, 0.25) is 5.91 Å². The third kappa shape index (κ3) is 8.85. The summed E-state index contributed by atoms with van der Waals surface area (Å²) in [5, 5.41) is 7.38. The highest BCUT2D eigenvalue weighted by atomic mass is 35.5. The quantitative estimate of drug-likeness (QED) is 0.328. The Morgan fingerprint density at radius 1 is 1.05 bits per heavy atom. The van der Waals surface area contributed by atoms with Crippen molar-refractivity contribution < 1.29 is 27.5 Å². The number of amides is 1. The molecule has 0 aromatic heterocycles. The van der Waals surface area contributed by atoms with Gasteiger partial charge < -0.3 is 25.2 Å². The number of hydrogen-bond donors (Lipinski definition) is 2. The number of nitrogens with zero attached hydrogens (tertiary/aromatic N) is 2. The minimum Gasteiger partial charge on any atom is -0.383 e. The number of anilines is 1. The fourth-order valence-electron chi connectivity index (χ4n) is 5.80. The van der Waals surface area contributed by atoms with Crippen molar-refractivity contribution in [2.24, 2.45) is 11.8 Å². The third-order valence-electron chi connectivity index (χ3n) is 8.22. The summed E-state index contributed by atoms with van der Waals surface area (Å²) >= 11 is 12.5.